The monoisotopic (exact) mass is 324 g/mol. The van der Waals surface area contributed by atoms with Crippen LogP contribution >= 0.6 is 0 Å². The standard InChI is InChI=1S/C17H16N4O3/c1-24-14-4-2-12(3-5-14)9-21-7-6-13(10-21)15(22)8-16(23)17-18-11-19-20-17/h2-8,10-11,22H,9H2,1H3,(H,18,19,20). The van der Waals surface area contributed by atoms with Gasteiger partial charge in [-0.1, -0.05) is 12.1 Å². The topological polar surface area (TPSA) is 93.0 Å². The number of carbonyl (C=O) groups is 1. The zero-order chi connectivity index (χ0) is 16.9. The molecule has 0 radical (unpaired) electrons. The van der Waals surface area contributed by atoms with Crippen molar-refractivity contribution in [1.29, 1.82) is 0 Å². The highest BCUT2D eigenvalue weighted by atomic mass is 16.5. The molecule has 7 nitrogen and oxygen atoms in total. The molecule has 0 aliphatic heterocycles. The maximum absolute atomic E-state index is 11.9. The van der Waals surface area contributed by atoms with Gasteiger partial charge in [-0.2, -0.15) is 5.10 Å². The third-order valence-electron chi connectivity index (χ3n) is 3.49. The van der Waals surface area contributed by atoms with E-state index in [1.165, 1.54) is 6.33 Å². The molecular formula is C17H16N4O3. The summed E-state index contributed by atoms with van der Waals surface area (Å²) in [5, 5.41) is 16.2. The summed E-state index contributed by atoms with van der Waals surface area (Å²) < 4.78 is 7.05. The number of rotatable bonds is 6. The molecule has 1 aromatic carbocycles. The van der Waals surface area contributed by atoms with E-state index in [9.17, 15) is 9.90 Å². The van der Waals surface area contributed by atoms with Gasteiger partial charge >= 0.3 is 0 Å². The number of aromatic amines is 1. The summed E-state index contributed by atoms with van der Waals surface area (Å²) in [5.41, 5.74) is 1.65. The first-order chi connectivity index (χ1) is 11.7. The van der Waals surface area contributed by atoms with E-state index >= 15 is 0 Å². The Labute approximate surface area is 138 Å². The summed E-state index contributed by atoms with van der Waals surface area (Å²) in [6.07, 6.45) is 5.96. The van der Waals surface area contributed by atoms with Gasteiger partial charge in [0.15, 0.2) is 5.82 Å². The zero-order valence-corrected chi connectivity index (χ0v) is 13.0. The van der Waals surface area contributed by atoms with Crippen LogP contribution in [0, 0.1) is 0 Å². The van der Waals surface area contributed by atoms with E-state index in [-0.39, 0.29) is 11.6 Å². The number of ether oxygens (including phenoxy) is 1. The molecule has 0 aliphatic carbocycles. The van der Waals surface area contributed by atoms with E-state index in [1.807, 2.05) is 35.0 Å². The molecule has 3 aromatic rings. The maximum Gasteiger partial charge on any atom is 0.226 e. The number of hydrogen-bond acceptors (Lipinski definition) is 5. The molecule has 2 N–H and O–H groups in total. The highest BCUT2D eigenvalue weighted by molar-refractivity contribution is 6.05. The predicted molar refractivity (Wildman–Crippen MR) is 87.8 cm³/mol. The van der Waals surface area contributed by atoms with Gasteiger partial charge in [-0.15, -0.1) is 0 Å². The molecule has 3 rings (SSSR count). The second-order valence-electron chi connectivity index (χ2n) is 5.15. The van der Waals surface area contributed by atoms with Crippen molar-refractivity contribution in [1.82, 2.24) is 19.7 Å². The van der Waals surface area contributed by atoms with E-state index in [1.54, 1.807) is 19.4 Å². The number of hydrogen-bond donors (Lipinski definition) is 2. The molecular weight excluding hydrogens is 308 g/mol. The average Bonchev–Trinajstić information content (AvgIpc) is 3.27. The van der Waals surface area contributed by atoms with E-state index in [4.69, 9.17) is 4.74 Å². The number of nitrogens with one attached hydrogen (secondary N) is 1. The highest BCUT2D eigenvalue weighted by Crippen LogP contribution is 2.16. The number of aliphatic hydroxyl groups excluding tert-OH is 1. The van der Waals surface area contributed by atoms with Crippen LogP contribution < -0.4 is 4.74 Å². The van der Waals surface area contributed by atoms with Crippen molar-refractivity contribution < 1.29 is 14.6 Å². The van der Waals surface area contributed by atoms with Crippen LogP contribution in [0.15, 0.2) is 55.1 Å². The molecule has 7 heteroatoms. The minimum Gasteiger partial charge on any atom is -0.507 e. The Kier molecular flexibility index (Phi) is 4.42. The van der Waals surface area contributed by atoms with Crippen LogP contribution in [0.25, 0.3) is 5.76 Å². The molecule has 0 aliphatic rings. The van der Waals surface area contributed by atoms with Gasteiger partial charge in [0, 0.05) is 30.6 Å². The summed E-state index contributed by atoms with van der Waals surface area (Å²) in [4.78, 5) is 15.6. The van der Waals surface area contributed by atoms with Gasteiger partial charge in [0.1, 0.15) is 17.8 Å². The van der Waals surface area contributed by atoms with Crippen molar-refractivity contribution in [3.05, 3.63) is 72.1 Å². The maximum atomic E-state index is 11.9. The van der Waals surface area contributed by atoms with E-state index in [0.29, 0.717) is 12.1 Å². The van der Waals surface area contributed by atoms with Gasteiger partial charge in [0.25, 0.3) is 0 Å². The molecule has 0 saturated heterocycles. The number of benzene rings is 1. The molecule has 2 aromatic heterocycles. The summed E-state index contributed by atoms with van der Waals surface area (Å²) >= 11 is 0. The van der Waals surface area contributed by atoms with Gasteiger partial charge in [-0.3, -0.25) is 9.89 Å². The Morgan fingerprint density at radius 3 is 2.79 bits per heavy atom. The largest absolute Gasteiger partial charge is 0.507 e. The first kappa shape index (κ1) is 15.5. The smallest absolute Gasteiger partial charge is 0.226 e. The molecule has 24 heavy (non-hydrogen) atoms. The lowest BCUT2D eigenvalue weighted by Gasteiger charge is -2.04. The predicted octanol–water partition coefficient (Wildman–Crippen LogP) is 2.44. The Morgan fingerprint density at radius 2 is 2.12 bits per heavy atom. The second-order valence-corrected chi connectivity index (χ2v) is 5.15. The third kappa shape index (κ3) is 3.52. The Balaban J connectivity index is 1.71. The summed E-state index contributed by atoms with van der Waals surface area (Å²) in [6, 6.07) is 9.48. The number of H-pyrrole nitrogens is 1. The minimum atomic E-state index is -0.437. The molecule has 0 atom stereocenters. The number of ketones is 1. The van der Waals surface area contributed by atoms with Crippen LogP contribution in [0.2, 0.25) is 0 Å². The third-order valence-corrected chi connectivity index (χ3v) is 3.49. The number of allylic oxidation sites excluding steroid dienone is 1. The van der Waals surface area contributed by atoms with Crippen molar-refractivity contribution in [2.75, 3.05) is 7.11 Å². The van der Waals surface area contributed by atoms with Crippen molar-refractivity contribution in [2.24, 2.45) is 0 Å². The number of aliphatic hydroxyl groups is 1. The first-order valence-corrected chi connectivity index (χ1v) is 7.25. The highest BCUT2D eigenvalue weighted by Gasteiger charge is 2.09. The summed E-state index contributed by atoms with van der Waals surface area (Å²) in [6.45, 7) is 0.646. The lowest BCUT2D eigenvalue weighted by atomic mass is 10.2. The van der Waals surface area contributed by atoms with Gasteiger partial charge in [-0.05, 0) is 23.8 Å². The van der Waals surface area contributed by atoms with Crippen molar-refractivity contribution in [3.63, 3.8) is 0 Å². The number of carbonyl (C=O) groups excluding carboxylic acids is 1. The Hall–Kier alpha value is -3.35. The minimum absolute atomic E-state index is 0.0826. The van der Waals surface area contributed by atoms with Crippen LogP contribution in [0.5, 0.6) is 5.75 Å². The normalized spacial score (nSPS) is 11.5. The number of aromatic nitrogens is 4. The van der Waals surface area contributed by atoms with Gasteiger partial charge in [0.2, 0.25) is 5.78 Å². The summed E-state index contributed by atoms with van der Waals surface area (Å²) in [5.74, 6) is 0.329. The number of methoxy groups -OCH3 is 1. The fourth-order valence-electron chi connectivity index (χ4n) is 2.23. The average molecular weight is 324 g/mol. The molecule has 0 fully saturated rings. The zero-order valence-electron chi connectivity index (χ0n) is 13.0. The SMILES string of the molecule is COc1ccc(Cn2ccc(C(O)=CC(=O)c3ncn[nH]3)c2)cc1. The van der Waals surface area contributed by atoms with Crippen LogP contribution in [0.4, 0.5) is 0 Å². The van der Waals surface area contributed by atoms with Gasteiger partial charge in [-0.25, -0.2) is 4.98 Å². The molecule has 0 unspecified atom stereocenters. The van der Waals surface area contributed by atoms with Crippen molar-refractivity contribution in [2.45, 2.75) is 6.54 Å². The number of nitrogens with zero attached hydrogens (tertiary/aromatic N) is 3. The van der Waals surface area contributed by atoms with Crippen LogP contribution in [0.3, 0.4) is 0 Å². The van der Waals surface area contributed by atoms with Crippen LogP contribution in [-0.2, 0) is 6.54 Å². The lowest BCUT2D eigenvalue weighted by molar-refractivity contribution is 0.103. The fraction of sp³-hybridized carbons (Fsp3) is 0.118. The molecule has 0 saturated carbocycles. The molecule has 122 valence electrons. The van der Waals surface area contributed by atoms with Gasteiger partial charge < -0.3 is 14.4 Å². The molecule has 2 heterocycles. The van der Waals surface area contributed by atoms with E-state index in [0.717, 1.165) is 17.4 Å². The van der Waals surface area contributed by atoms with E-state index in [2.05, 4.69) is 15.2 Å². The second kappa shape index (κ2) is 6.82. The van der Waals surface area contributed by atoms with Crippen LogP contribution in [-0.4, -0.2) is 37.7 Å². The van der Waals surface area contributed by atoms with Crippen molar-refractivity contribution in [3.8, 4) is 5.75 Å². The van der Waals surface area contributed by atoms with Crippen molar-refractivity contribution >= 4 is 11.5 Å². The molecule has 0 amide bonds. The van der Waals surface area contributed by atoms with Gasteiger partial charge in [0.05, 0.1) is 7.11 Å². The Bertz CT molecular complexity index is 848. The summed E-state index contributed by atoms with van der Waals surface area (Å²) in [7, 11) is 1.63. The molecule has 0 bridgehead atoms. The lowest BCUT2D eigenvalue weighted by Crippen LogP contribution is -1.99. The molecule has 0 spiro atoms. The fourth-order valence-corrected chi connectivity index (χ4v) is 2.23. The quantitative estimate of drug-likeness (QED) is 0.413. The first-order valence-electron chi connectivity index (χ1n) is 7.25. The van der Waals surface area contributed by atoms with Crippen LogP contribution in [0.1, 0.15) is 21.7 Å². The van der Waals surface area contributed by atoms with E-state index < -0.39 is 5.78 Å². The Morgan fingerprint density at radius 1 is 1.33 bits per heavy atom.